The SMILES string of the molecule is CCCc1c(F)c(=S)oc2cc(OCCC(F)(F)CCOC(=O)CC)ccc12. The van der Waals surface area contributed by atoms with Crippen molar-refractivity contribution in [3.05, 3.63) is 34.3 Å². The van der Waals surface area contributed by atoms with Gasteiger partial charge in [0.25, 0.3) is 5.92 Å². The van der Waals surface area contributed by atoms with Crippen LogP contribution in [0.3, 0.4) is 0 Å². The summed E-state index contributed by atoms with van der Waals surface area (Å²) in [5, 5.41) is 0.586. The molecular formula is C20H23F3O4S. The van der Waals surface area contributed by atoms with Crippen LogP contribution in [0.25, 0.3) is 11.0 Å². The molecule has 0 fully saturated rings. The van der Waals surface area contributed by atoms with Crippen molar-refractivity contribution in [2.24, 2.45) is 0 Å². The molecule has 154 valence electrons. The minimum absolute atomic E-state index is 0.150. The first-order valence-corrected chi connectivity index (χ1v) is 9.59. The summed E-state index contributed by atoms with van der Waals surface area (Å²) < 4.78 is 57.0. The van der Waals surface area contributed by atoms with E-state index in [1.54, 1.807) is 19.1 Å². The molecule has 0 bridgehead atoms. The summed E-state index contributed by atoms with van der Waals surface area (Å²) in [7, 11) is 0. The highest BCUT2D eigenvalue weighted by molar-refractivity contribution is 7.71. The minimum atomic E-state index is -3.01. The van der Waals surface area contributed by atoms with Gasteiger partial charge in [-0.25, -0.2) is 13.2 Å². The van der Waals surface area contributed by atoms with Gasteiger partial charge in [-0.05, 0) is 30.8 Å². The van der Waals surface area contributed by atoms with Crippen LogP contribution >= 0.6 is 12.2 Å². The molecule has 0 amide bonds. The van der Waals surface area contributed by atoms with E-state index in [2.05, 4.69) is 4.74 Å². The number of benzene rings is 1. The van der Waals surface area contributed by atoms with Gasteiger partial charge < -0.3 is 13.9 Å². The number of hydrogen-bond donors (Lipinski definition) is 0. The van der Waals surface area contributed by atoms with Gasteiger partial charge in [0.15, 0.2) is 5.82 Å². The van der Waals surface area contributed by atoms with Crippen molar-refractivity contribution in [2.45, 2.75) is 51.9 Å². The molecule has 1 aromatic carbocycles. The number of halogens is 3. The molecule has 0 radical (unpaired) electrons. The molecule has 0 unspecified atom stereocenters. The quantitative estimate of drug-likeness (QED) is 0.351. The molecule has 2 rings (SSSR count). The van der Waals surface area contributed by atoms with Crippen LogP contribution in [0.4, 0.5) is 13.2 Å². The highest BCUT2D eigenvalue weighted by Crippen LogP contribution is 2.29. The number of hydrogen-bond acceptors (Lipinski definition) is 5. The highest BCUT2D eigenvalue weighted by atomic mass is 32.1. The summed E-state index contributed by atoms with van der Waals surface area (Å²) in [6.45, 7) is 2.96. The monoisotopic (exact) mass is 416 g/mol. The van der Waals surface area contributed by atoms with E-state index in [1.165, 1.54) is 6.07 Å². The van der Waals surface area contributed by atoms with E-state index >= 15 is 0 Å². The third-order valence-electron chi connectivity index (χ3n) is 4.18. The highest BCUT2D eigenvalue weighted by Gasteiger charge is 2.29. The Morgan fingerprint density at radius 2 is 1.93 bits per heavy atom. The van der Waals surface area contributed by atoms with Gasteiger partial charge in [-0.15, -0.1) is 0 Å². The smallest absolute Gasteiger partial charge is 0.305 e. The Morgan fingerprint density at radius 1 is 1.21 bits per heavy atom. The normalized spacial score (nSPS) is 11.6. The second kappa shape index (κ2) is 9.91. The second-order valence-electron chi connectivity index (χ2n) is 6.37. The number of esters is 1. The van der Waals surface area contributed by atoms with Crippen LogP contribution in [0, 0.1) is 10.5 Å². The first kappa shape index (κ1) is 22.2. The first-order chi connectivity index (χ1) is 13.3. The van der Waals surface area contributed by atoms with E-state index in [-0.39, 0.29) is 24.3 Å². The number of aryl methyl sites for hydroxylation is 1. The molecule has 2 aromatic rings. The predicted octanol–water partition coefficient (Wildman–Crippen LogP) is 6.00. The Bertz CT molecular complexity index is 880. The summed E-state index contributed by atoms with van der Waals surface area (Å²) >= 11 is 4.91. The molecule has 0 saturated heterocycles. The Hall–Kier alpha value is -2.09. The number of carbonyl (C=O) groups excluding carboxylic acids is 1. The van der Waals surface area contributed by atoms with Crippen molar-refractivity contribution >= 4 is 29.2 Å². The van der Waals surface area contributed by atoms with Crippen LogP contribution < -0.4 is 4.74 Å². The van der Waals surface area contributed by atoms with Crippen LogP contribution in [-0.4, -0.2) is 25.1 Å². The number of carbonyl (C=O) groups is 1. The lowest BCUT2D eigenvalue weighted by Crippen LogP contribution is -2.22. The van der Waals surface area contributed by atoms with Gasteiger partial charge in [-0.2, -0.15) is 0 Å². The van der Waals surface area contributed by atoms with Crippen molar-refractivity contribution in [1.82, 2.24) is 0 Å². The summed E-state index contributed by atoms with van der Waals surface area (Å²) in [4.78, 5) is 11.0. The molecule has 0 spiro atoms. The lowest BCUT2D eigenvalue weighted by molar-refractivity contribution is -0.145. The average molecular weight is 416 g/mol. The zero-order valence-electron chi connectivity index (χ0n) is 15.9. The predicted molar refractivity (Wildman–Crippen MR) is 102 cm³/mol. The van der Waals surface area contributed by atoms with Crippen LogP contribution in [-0.2, 0) is 16.0 Å². The van der Waals surface area contributed by atoms with E-state index < -0.39 is 30.6 Å². The molecule has 0 aliphatic rings. The zero-order valence-corrected chi connectivity index (χ0v) is 16.7. The summed E-state index contributed by atoms with van der Waals surface area (Å²) in [6, 6.07) is 4.74. The Morgan fingerprint density at radius 3 is 2.61 bits per heavy atom. The fourth-order valence-electron chi connectivity index (χ4n) is 2.67. The van der Waals surface area contributed by atoms with Crippen LogP contribution in [0.15, 0.2) is 22.6 Å². The van der Waals surface area contributed by atoms with Crippen molar-refractivity contribution < 1.29 is 31.9 Å². The van der Waals surface area contributed by atoms with Crippen LogP contribution in [0.5, 0.6) is 5.75 Å². The Balaban J connectivity index is 2.00. The largest absolute Gasteiger partial charge is 0.493 e. The minimum Gasteiger partial charge on any atom is -0.493 e. The molecule has 0 saturated carbocycles. The van der Waals surface area contributed by atoms with Gasteiger partial charge in [-0.3, -0.25) is 4.79 Å². The lowest BCUT2D eigenvalue weighted by Gasteiger charge is -2.16. The summed E-state index contributed by atoms with van der Waals surface area (Å²) in [5.41, 5.74) is 0.832. The summed E-state index contributed by atoms with van der Waals surface area (Å²) in [6.07, 6.45) is 0.317. The van der Waals surface area contributed by atoms with Crippen molar-refractivity contribution in [1.29, 1.82) is 0 Å². The maximum Gasteiger partial charge on any atom is 0.305 e. The number of alkyl halides is 2. The maximum absolute atomic E-state index is 14.2. The molecule has 1 aromatic heterocycles. The molecule has 0 atom stereocenters. The number of fused-ring (bicyclic) bond motifs is 1. The Labute approximate surface area is 166 Å². The average Bonchev–Trinajstić information content (AvgIpc) is 2.65. The fourth-order valence-corrected chi connectivity index (χ4v) is 2.88. The Kier molecular flexibility index (Phi) is 7.86. The van der Waals surface area contributed by atoms with E-state index in [4.69, 9.17) is 21.4 Å². The van der Waals surface area contributed by atoms with Gasteiger partial charge in [-0.1, -0.05) is 20.3 Å². The van der Waals surface area contributed by atoms with Gasteiger partial charge in [0.05, 0.1) is 13.2 Å². The van der Waals surface area contributed by atoms with Crippen LogP contribution in [0.2, 0.25) is 0 Å². The first-order valence-electron chi connectivity index (χ1n) is 9.19. The molecule has 0 N–H and O–H groups in total. The topological polar surface area (TPSA) is 48.7 Å². The van der Waals surface area contributed by atoms with E-state index in [9.17, 15) is 18.0 Å². The molecule has 0 aliphatic heterocycles. The van der Waals surface area contributed by atoms with Crippen molar-refractivity contribution in [2.75, 3.05) is 13.2 Å². The zero-order chi connectivity index (χ0) is 20.7. The maximum atomic E-state index is 14.2. The molecule has 1 heterocycles. The fraction of sp³-hybridized carbons (Fsp3) is 0.500. The standard InChI is InChI=1S/C20H23F3O4S/c1-3-5-15-14-7-6-13(12-16(14)27-19(28)18(15)21)25-10-8-20(22,23)9-11-26-17(24)4-2/h6-7,12H,3-5,8-11H2,1-2H3. The van der Waals surface area contributed by atoms with Gasteiger partial charge in [0.2, 0.25) is 4.71 Å². The van der Waals surface area contributed by atoms with E-state index in [0.29, 0.717) is 28.7 Å². The molecular weight excluding hydrogens is 393 g/mol. The number of rotatable bonds is 10. The second-order valence-corrected chi connectivity index (χ2v) is 6.74. The molecule has 28 heavy (non-hydrogen) atoms. The summed E-state index contributed by atoms with van der Waals surface area (Å²) in [5.74, 6) is -3.73. The van der Waals surface area contributed by atoms with Crippen molar-refractivity contribution in [3.63, 3.8) is 0 Å². The third-order valence-corrected chi connectivity index (χ3v) is 4.44. The van der Waals surface area contributed by atoms with Crippen LogP contribution in [0.1, 0.15) is 45.1 Å². The lowest BCUT2D eigenvalue weighted by atomic mass is 10.1. The molecule has 8 heteroatoms. The molecule has 4 nitrogen and oxygen atoms in total. The van der Waals surface area contributed by atoms with E-state index in [0.717, 1.165) is 6.42 Å². The third kappa shape index (κ3) is 5.95. The van der Waals surface area contributed by atoms with Crippen molar-refractivity contribution in [3.8, 4) is 5.75 Å². The van der Waals surface area contributed by atoms with Gasteiger partial charge in [0, 0.05) is 36.3 Å². The van der Waals surface area contributed by atoms with E-state index in [1.807, 2.05) is 6.92 Å². The van der Waals surface area contributed by atoms with Gasteiger partial charge >= 0.3 is 5.97 Å². The number of ether oxygens (including phenoxy) is 2. The van der Waals surface area contributed by atoms with Gasteiger partial charge in [0.1, 0.15) is 11.3 Å². The molecule has 0 aliphatic carbocycles.